The van der Waals surface area contributed by atoms with E-state index in [9.17, 15) is 24.3 Å². The quantitative estimate of drug-likeness (QED) is 0.141. The van der Waals surface area contributed by atoms with Crippen LogP contribution in [0.1, 0.15) is 70.3 Å². The summed E-state index contributed by atoms with van der Waals surface area (Å²) in [6.45, 7) is 13.7. The number of oxazole rings is 1. The fourth-order valence-electron chi connectivity index (χ4n) is 4.69. The summed E-state index contributed by atoms with van der Waals surface area (Å²) in [6, 6.07) is -0.778. The summed E-state index contributed by atoms with van der Waals surface area (Å²) in [7, 11) is 0. The predicted molar refractivity (Wildman–Crippen MR) is 155 cm³/mol. The smallest absolute Gasteiger partial charge is 0.329 e. The summed E-state index contributed by atoms with van der Waals surface area (Å²) in [6.07, 6.45) is 10.5. The third-order valence-corrected chi connectivity index (χ3v) is 6.63. The molecule has 1 saturated heterocycles. The minimum absolute atomic E-state index is 0.000816. The van der Waals surface area contributed by atoms with Crippen LogP contribution in [0.25, 0.3) is 0 Å². The highest BCUT2D eigenvalue weighted by atomic mass is 16.5. The maximum absolute atomic E-state index is 13.2. The second-order valence-corrected chi connectivity index (χ2v) is 10.6. The van der Waals surface area contributed by atoms with E-state index in [-0.39, 0.29) is 48.0 Å². The maximum atomic E-state index is 13.2. The zero-order valence-corrected chi connectivity index (χ0v) is 24.7. The molecule has 10 heteroatoms. The van der Waals surface area contributed by atoms with Gasteiger partial charge in [-0.3, -0.25) is 14.4 Å². The monoisotopic (exact) mass is 569 g/mol. The van der Waals surface area contributed by atoms with Crippen molar-refractivity contribution in [1.29, 1.82) is 0 Å². The summed E-state index contributed by atoms with van der Waals surface area (Å²) in [4.78, 5) is 56.3. The van der Waals surface area contributed by atoms with Crippen molar-refractivity contribution in [1.82, 2.24) is 15.2 Å². The Morgan fingerprint density at radius 1 is 1.27 bits per heavy atom. The molecule has 2 rings (SSSR count). The number of aliphatic hydroxyl groups is 1. The number of allylic oxidation sites excluding steroid dienone is 3. The van der Waals surface area contributed by atoms with E-state index in [1.54, 1.807) is 18.2 Å². The molecule has 2 heterocycles. The molecular weight excluding hydrogens is 526 g/mol. The number of aromatic nitrogens is 1. The van der Waals surface area contributed by atoms with Crippen LogP contribution in [-0.2, 0) is 25.5 Å². The summed E-state index contributed by atoms with van der Waals surface area (Å²) in [5.41, 5.74) is 0.840. The molecule has 2 N–H and O–H groups in total. The lowest BCUT2D eigenvalue weighted by atomic mass is 9.94. The van der Waals surface area contributed by atoms with Gasteiger partial charge in [0.25, 0.3) is 5.91 Å². The topological polar surface area (TPSA) is 139 Å². The van der Waals surface area contributed by atoms with Crippen molar-refractivity contribution in [3.8, 4) is 0 Å². The molecule has 0 spiro atoms. The first-order valence-electron chi connectivity index (χ1n) is 14.0. The number of likely N-dealkylation sites (tertiary alicyclic amines) is 1. The van der Waals surface area contributed by atoms with Crippen molar-refractivity contribution >= 4 is 23.6 Å². The molecular formula is C31H43N3O7. The molecule has 1 fully saturated rings. The molecule has 1 aliphatic rings. The molecule has 10 nitrogen and oxygen atoms in total. The van der Waals surface area contributed by atoms with Gasteiger partial charge in [-0.2, -0.15) is 0 Å². The Balaban J connectivity index is 2.02. The van der Waals surface area contributed by atoms with Crippen molar-refractivity contribution < 1.29 is 33.4 Å². The van der Waals surface area contributed by atoms with Crippen LogP contribution in [0.4, 0.5) is 0 Å². The Morgan fingerprint density at radius 2 is 2.00 bits per heavy atom. The zero-order chi connectivity index (χ0) is 30.5. The van der Waals surface area contributed by atoms with Crippen molar-refractivity contribution in [2.24, 2.45) is 11.8 Å². The minimum Gasteiger partial charge on any atom is -0.460 e. The average Bonchev–Trinajstić information content (AvgIpc) is 3.58. The minimum atomic E-state index is -0.937. The van der Waals surface area contributed by atoms with E-state index in [0.717, 1.165) is 5.57 Å². The van der Waals surface area contributed by atoms with Gasteiger partial charge in [-0.25, -0.2) is 9.78 Å². The van der Waals surface area contributed by atoms with Gasteiger partial charge in [0.15, 0.2) is 5.69 Å². The summed E-state index contributed by atoms with van der Waals surface area (Å²) in [5, 5.41) is 12.8. The highest BCUT2D eigenvalue weighted by Crippen LogP contribution is 2.25. The number of nitrogens with zero attached hydrogens (tertiary/aromatic N) is 2. The maximum Gasteiger partial charge on any atom is 0.329 e. The molecule has 2 unspecified atom stereocenters. The number of aliphatic hydroxyl groups excluding tert-OH is 1. The fourth-order valence-corrected chi connectivity index (χ4v) is 4.69. The Bertz CT molecular complexity index is 1160. The van der Waals surface area contributed by atoms with Gasteiger partial charge >= 0.3 is 5.97 Å². The Labute approximate surface area is 242 Å². The third kappa shape index (κ3) is 10.6. The molecule has 0 bridgehead atoms. The molecule has 0 radical (unpaired) electrons. The summed E-state index contributed by atoms with van der Waals surface area (Å²) < 4.78 is 11.2. The van der Waals surface area contributed by atoms with Crippen molar-refractivity contribution in [2.45, 2.75) is 78.6 Å². The second-order valence-electron chi connectivity index (χ2n) is 10.6. The Hall–Kier alpha value is -3.79. The number of carbonyl (C=O) groups excluding carboxylic acids is 4. The second kappa shape index (κ2) is 16.5. The van der Waals surface area contributed by atoms with Crippen molar-refractivity contribution in [3.63, 3.8) is 0 Å². The van der Waals surface area contributed by atoms with Gasteiger partial charge in [-0.15, -0.1) is 6.58 Å². The molecule has 41 heavy (non-hydrogen) atoms. The van der Waals surface area contributed by atoms with Gasteiger partial charge in [0, 0.05) is 25.4 Å². The van der Waals surface area contributed by atoms with Gasteiger partial charge in [-0.1, -0.05) is 56.7 Å². The van der Waals surface area contributed by atoms with Crippen LogP contribution in [0.15, 0.2) is 59.3 Å². The lowest BCUT2D eigenvalue weighted by Crippen LogP contribution is -2.44. The highest BCUT2D eigenvalue weighted by Gasteiger charge is 2.38. The Morgan fingerprint density at radius 3 is 2.66 bits per heavy atom. The molecule has 0 aromatic carbocycles. The third-order valence-electron chi connectivity index (χ3n) is 6.63. The standard InChI is InChI=1S/C31H43N3O7/c1-7-10-21(5)16-23(35)17-24(36)18-28-33-25(19-40-28)30(38)34-15-9-11-26(34)31(39)41-29(20(3)4)22(6)12-13-27(37)32-14-8-2/h7-8,10,12-13,16,19-20,22-23,26,29,35H,2,9,11,14-15,17-18H2,1,3-6H3,(H,32,37)/b10-7-,13-12+,21-16+/t22?,23-,26-,29?/m1/s1. The number of carbonyl (C=O) groups is 4. The van der Waals surface area contributed by atoms with Crippen LogP contribution in [0.3, 0.4) is 0 Å². The number of rotatable bonds is 15. The van der Waals surface area contributed by atoms with E-state index in [1.807, 2.05) is 46.8 Å². The number of amides is 2. The molecule has 1 aromatic heterocycles. The summed E-state index contributed by atoms with van der Waals surface area (Å²) >= 11 is 0. The SMILES string of the molecule is C=CCNC(=O)/C=C/C(C)C(OC(=O)[C@H]1CCCN1C(=O)c1coc(CC(=O)C[C@H](O)/C=C(C)/C=C\C)n1)C(C)C. The molecule has 1 aromatic rings. The molecule has 224 valence electrons. The van der Waals surface area contributed by atoms with E-state index in [0.29, 0.717) is 25.9 Å². The van der Waals surface area contributed by atoms with Crippen LogP contribution in [0.5, 0.6) is 0 Å². The van der Waals surface area contributed by atoms with Crippen LogP contribution >= 0.6 is 0 Å². The first-order chi connectivity index (χ1) is 19.5. The number of nitrogens with one attached hydrogen (secondary N) is 1. The van der Waals surface area contributed by atoms with E-state index >= 15 is 0 Å². The van der Waals surface area contributed by atoms with Crippen LogP contribution in [-0.4, -0.2) is 69.9 Å². The van der Waals surface area contributed by atoms with Gasteiger partial charge in [0.2, 0.25) is 11.8 Å². The average molecular weight is 570 g/mol. The van der Waals surface area contributed by atoms with Crippen LogP contribution in [0, 0.1) is 11.8 Å². The van der Waals surface area contributed by atoms with Gasteiger partial charge in [0.1, 0.15) is 24.2 Å². The highest BCUT2D eigenvalue weighted by molar-refractivity contribution is 5.95. The number of hydrogen-bond donors (Lipinski definition) is 2. The molecule has 4 atom stereocenters. The lowest BCUT2D eigenvalue weighted by Gasteiger charge is -2.29. The first kappa shape index (κ1) is 33.4. The Kier molecular flexibility index (Phi) is 13.4. The van der Waals surface area contributed by atoms with E-state index in [1.165, 1.54) is 17.2 Å². The normalized spacial score (nSPS) is 18.1. The van der Waals surface area contributed by atoms with Crippen LogP contribution in [0.2, 0.25) is 0 Å². The molecule has 0 saturated carbocycles. The molecule has 2 amide bonds. The first-order valence-corrected chi connectivity index (χ1v) is 14.0. The number of hydrogen-bond acceptors (Lipinski definition) is 8. The van der Waals surface area contributed by atoms with Gasteiger partial charge in [-0.05, 0) is 38.7 Å². The zero-order valence-electron chi connectivity index (χ0n) is 24.7. The number of ketones is 1. The number of ether oxygens (including phenoxy) is 1. The fraction of sp³-hybridized carbons (Fsp3) is 0.516. The number of Topliss-reactive ketones (excluding diaryl/α,β-unsaturated/α-hetero) is 1. The van der Waals surface area contributed by atoms with Crippen molar-refractivity contribution in [3.05, 3.63) is 66.5 Å². The predicted octanol–water partition coefficient (Wildman–Crippen LogP) is 3.73. The van der Waals surface area contributed by atoms with Crippen molar-refractivity contribution in [2.75, 3.05) is 13.1 Å². The largest absolute Gasteiger partial charge is 0.460 e. The molecule has 0 aliphatic carbocycles. The lowest BCUT2D eigenvalue weighted by molar-refractivity contribution is -0.158. The van der Waals surface area contributed by atoms with Crippen LogP contribution < -0.4 is 5.32 Å². The molecule has 1 aliphatic heterocycles. The van der Waals surface area contributed by atoms with E-state index < -0.39 is 30.1 Å². The van der Waals surface area contributed by atoms with Gasteiger partial charge < -0.3 is 24.5 Å². The summed E-state index contributed by atoms with van der Waals surface area (Å²) in [5.74, 6) is -1.75. The van der Waals surface area contributed by atoms with Gasteiger partial charge in [0.05, 0.1) is 12.5 Å². The number of esters is 1. The van der Waals surface area contributed by atoms with E-state index in [4.69, 9.17) is 9.15 Å². The van der Waals surface area contributed by atoms with E-state index in [2.05, 4.69) is 16.9 Å².